The third kappa shape index (κ3) is 3.00. The number of likely N-dealkylation sites (tertiary alicyclic amines) is 2. The number of para-hydroxylation sites is 1. The van der Waals surface area contributed by atoms with Crippen molar-refractivity contribution in [1.29, 1.82) is 0 Å². The van der Waals surface area contributed by atoms with Gasteiger partial charge in [-0.3, -0.25) is 9.69 Å². The van der Waals surface area contributed by atoms with Crippen LogP contribution in [0.2, 0.25) is 0 Å². The van der Waals surface area contributed by atoms with E-state index in [2.05, 4.69) is 16.0 Å². The lowest BCUT2D eigenvalue weighted by Crippen LogP contribution is -2.60. The van der Waals surface area contributed by atoms with E-state index in [1.807, 2.05) is 41.4 Å². The number of carbonyl (C=O) groups excluding carboxylic acids is 1. The Morgan fingerprint density at radius 2 is 1.86 bits per heavy atom. The smallest absolute Gasteiger partial charge is 0.227 e. The molecule has 2 aliphatic rings. The van der Waals surface area contributed by atoms with Crippen LogP contribution in [0.1, 0.15) is 24.0 Å². The summed E-state index contributed by atoms with van der Waals surface area (Å²) in [6.45, 7) is 3.49. The highest BCUT2D eigenvalue weighted by molar-refractivity contribution is 5.89. The second kappa shape index (κ2) is 6.74. The number of nitrogens with one attached hydrogen (secondary N) is 1. The summed E-state index contributed by atoms with van der Waals surface area (Å²) in [4.78, 5) is 20.7. The topological polar surface area (TPSA) is 39.3 Å². The van der Waals surface area contributed by atoms with Gasteiger partial charge in [-0.2, -0.15) is 0 Å². The number of H-pyrrole nitrogens is 1. The first kappa shape index (κ1) is 17.4. The van der Waals surface area contributed by atoms with Crippen LogP contribution in [0, 0.1) is 5.82 Å². The van der Waals surface area contributed by atoms with Gasteiger partial charge >= 0.3 is 0 Å². The lowest BCUT2D eigenvalue weighted by Gasteiger charge is -2.50. The van der Waals surface area contributed by atoms with Crippen molar-refractivity contribution in [1.82, 2.24) is 14.8 Å². The van der Waals surface area contributed by atoms with Gasteiger partial charge in [-0.1, -0.05) is 30.3 Å². The molecule has 2 aromatic carbocycles. The molecule has 5 heteroatoms. The Labute approximate surface area is 163 Å². The van der Waals surface area contributed by atoms with Crippen LogP contribution in [0.5, 0.6) is 0 Å². The fourth-order valence-electron chi connectivity index (χ4n) is 4.73. The summed E-state index contributed by atoms with van der Waals surface area (Å²) in [5.74, 6) is 0.00671. The second-order valence-corrected chi connectivity index (χ2v) is 8.12. The molecule has 0 bridgehead atoms. The molecule has 2 saturated heterocycles. The molecule has 0 aliphatic carbocycles. The Kier molecular flexibility index (Phi) is 4.20. The molecule has 0 radical (unpaired) electrons. The van der Waals surface area contributed by atoms with Crippen LogP contribution in [0.25, 0.3) is 10.9 Å². The molecule has 0 saturated carbocycles. The van der Waals surface area contributed by atoms with Gasteiger partial charge in [-0.25, -0.2) is 4.39 Å². The van der Waals surface area contributed by atoms with Crippen molar-refractivity contribution in [3.63, 3.8) is 0 Å². The van der Waals surface area contributed by atoms with Crippen LogP contribution >= 0.6 is 0 Å². The first-order valence-corrected chi connectivity index (χ1v) is 9.95. The van der Waals surface area contributed by atoms with E-state index >= 15 is 0 Å². The summed E-state index contributed by atoms with van der Waals surface area (Å²) < 4.78 is 13.1. The number of rotatable bonds is 4. The predicted molar refractivity (Wildman–Crippen MR) is 107 cm³/mol. The summed E-state index contributed by atoms with van der Waals surface area (Å²) in [5.41, 5.74) is 3.37. The monoisotopic (exact) mass is 377 g/mol. The number of benzene rings is 2. The number of aromatic nitrogens is 1. The molecule has 2 fully saturated rings. The Bertz CT molecular complexity index is 1010. The maximum Gasteiger partial charge on any atom is 0.227 e. The zero-order valence-electron chi connectivity index (χ0n) is 15.8. The Morgan fingerprint density at radius 1 is 1.07 bits per heavy atom. The molecule has 1 spiro atoms. The molecular formula is C23H24FN3O. The Hall–Kier alpha value is -2.66. The van der Waals surface area contributed by atoms with Crippen molar-refractivity contribution in [2.75, 3.05) is 19.6 Å². The van der Waals surface area contributed by atoms with Crippen LogP contribution in [0.15, 0.2) is 54.7 Å². The van der Waals surface area contributed by atoms with Crippen LogP contribution in [0.4, 0.5) is 4.39 Å². The average molecular weight is 377 g/mol. The Balaban J connectivity index is 1.25. The molecule has 3 aromatic rings. The van der Waals surface area contributed by atoms with E-state index in [0.717, 1.165) is 61.1 Å². The number of carbonyl (C=O) groups is 1. The van der Waals surface area contributed by atoms with Crippen molar-refractivity contribution in [3.8, 4) is 0 Å². The summed E-state index contributed by atoms with van der Waals surface area (Å²) in [5, 5.41) is 1.13. The molecule has 144 valence electrons. The van der Waals surface area contributed by atoms with Gasteiger partial charge in [-0.05, 0) is 42.2 Å². The zero-order chi connectivity index (χ0) is 19.1. The van der Waals surface area contributed by atoms with Gasteiger partial charge in [0.2, 0.25) is 5.91 Å². The quantitative estimate of drug-likeness (QED) is 0.753. The number of hydrogen-bond donors (Lipinski definition) is 1. The first-order chi connectivity index (χ1) is 13.6. The standard InChI is InChI=1S/C23H24FN3O/c24-19-7-5-17(6-8-19)15-27-12-10-23(27)9-11-26(16-23)22(28)13-18-14-25-21-4-2-1-3-20(18)21/h1-8,14,25H,9-13,15-16H2. The normalized spacial score (nSPS) is 22.1. The number of halogens is 1. The van der Waals surface area contributed by atoms with E-state index in [1.165, 1.54) is 12.1 Å². The lowest BCUT2D eigenvalue weighted by molar-refractivity contribution is -0.130. The molecule has 4 nitrogen and oxygen atoms in total. The van der Waals surface area contributed by atoms with Crippen LogP contribution in [-0.4, -0.2) is 45.9 Å². The van der Waals surface area contributed by atoms with E-state index in [1.54, 1.807) is 0 Å². The molecule has 3 heterocycles. The highest BCUT2D eigenvalue weighted by Gasteiger charge is 2.49. The zero-order valence-corrected chi connectivity index (χ0v) is 15.8. The third-order valence-electron chi connectivity index (χ3n) is 6.51. The molecule has 28 heavy (non-hydrogen) atoms. The summed E-state index contributed by atoms with van der Waals surface area (Å²) in [7, 11) is 0. The van der Waals surface area contributed by atoms with Gasteiger partial charge in [0, 0.05) is 48.8 Å². The number of nitrogens with zero attached hydrogens (tertiary/aromatic N) is 2. The fraction of sp³-hybridized carbons (Fsp3) is 0.348. The molecule has 5 rings (SSSR count). The van der Waals surface area contributed by atoms with Gasteiger partial charge < -0.3 is 9.88 Å². The summed E-state index contributed by atoms with van der Waals surface area (Å²) in [6, 6.07) is 14.9. The highest BCUT2D eigenvalue weighted by Crippen LogP contribution is 2.40. The van der Waals surface area contributed by atoms with Crippen LogP contribution in [0.3, 0.4) is 0 Å². The number of amides is 1. The van der Waals surface area contributed by atoms with Gasteiger partial charge in [0.15, 0.2) is 0 Å². The van der Waals surface area contributed by atoms with E-state index < -0.39 is 0 Å². The third-order valence-corrected chi connectivity index (χ3v) is 6.51. The SMILES string of the molecule is O=C(Cc1c[nH]c2ccccc12)N1CCC2(CCN2Cc2ccc(F)cc2)C1. The summed E-state index contributed by atoms with van der Waals surface area (Å²) in [6.07, 6.45) is 4.55. The highest BCUT2D eigenvalue weighted by atomic mass is 19.1. The summed E-state index contributed by atoms with van der Waals surface area (Å²) >= 11 is 0. The average Bonchev–Trinajstić information content (AvgIpc) is 3.33. The van der Waals surface area contributed by atoms with Crippen molar-refractivity contribution in [3.05, 3.63) is 71.7 Å². The molecular weight excluding hydrogens is 353 g/mol. The van der Waals surface area contributed by atoms with E-state index in [-0.39, 0.29) is 17.3 Å². The van der Waals surface area contributed by atoms with E-state index in [0.29, 0.717) is 6.42 Å². The largest absolute Gasteiger partial charge is 0.361 e. The van der Waals surface area contributed by atoms with E-state index in [9.17, 15) is 9.18 Å². The maximum atomic E-state index is 13.1. The fourth-order valence-corrected chi connectivity index (χ4v) is 4.73. The maximum absolute atomic E-state index is 13.1. The molecule has 1 atom stereocenters. The van der Waals surface area contributed by atoms with Gasteiger partial charge in [0.1, 0.15) is 5.82 Å². The van der Waals surface area contributed by atoms with Gasteiger partial charge in [-0.15, -0.1) is 0 Å². The number of hydrogen-bond acceptors (Lipinski definition) is 2. The molecule has 1 aromatic heterocycles. The molecule has 1 amide bonds. The first-order valence-electron chi connectivity index (χ1n) is 9.95. The van der Waals surface area contributed by atoms with Gasteiger partial charge in [0.25, 0.3) is 0 Å². The van der Waals surface area contributed by atoms with Crippen LogP contribution < -0.4 is 0 Å². The number of fused-ring (bicyclic) bond motifs is 1. The van der Waals surface area contributed by atoms with Crippen LogP contribution in [-0.2, 0) is 17.8 Å². The molecule has 2 aliphatic heterocycles. The Morgan fingerprint density at radius 3 is 2.64 bits per heavy atom. The molecule has 1 N–H and O–H groups in total. The van der Waals surface area contributed by atoms with Crippen molar-refractivity contribution in [2.45, 2.75) is 31.3 Å². The minimum atomic E-state index is -0.197. The van der Waals surface area contributed by atoms with Crippen molar-refractivity contribution >= 4 is 16.8 Å². The van der Waals surface area contributed by atoms with E-state index in [4.69, 9.17) is 0 Å². The van der Waals surface area contributed by atoms with Gasteiger partial charge in [0.05, 0.1) is 6.42 Å². The van der Waals surface area contributed by atoms with Crippen molar-refractivity contribution in [2.24, 2.45) is 0 Å². The molecule has 1 unspecified atom stereocenters. The minimum Gasteiger partial charge on any atom is -0.361 e. The van der Waals surface area contributed by atoms with Crippen molar-refractivity contribution < 1.29 is 9.18 Å². The second-order valence-electron chi connectivity index (χ2n) is 8.12. The lowest BCUT2D eigenvalue weighted by atomic mass is 9.83. The predicted octanol–water partition coefficient (Wildman–Crippen LogP) is 3.73. The number of aromatic amines is 1. The minimum absolute atomic E-state index is 0.101.